The fourth-order valence-electron chi connectivity index (χ4n) is 4.19. The van der Waals surface area contributed by atoms with Crippen LogP contribution in [-0.4, -0.2) is 47.7 Å². The number of halogens is 2. The first-order valence-electron chi connectivity index (χ1n) is 10.3. The van der Waals surface area contributed by atoms with Gasteiger partial charge < -0.3 is 15.7 Å². The van der Waals surface area contributed by atoms with Crippen LogP contribution >= 0.6 is 11.6 Å². The van der Waals surface area contributed by atoms with Gasteiger partial charge in [0, 0.05) is 24.0 Å². The van der Waals surface area contributed by atoms with Crippen molar-refractivity contribution in [3.8, 4) is 0 Å². The molecule has 166 valence electrons. The molecule has 0 saturated heterocycles. The van der Waals surface area contributed by atoms with Crippen LogP contribution in [0.4, 0.5) is 20.8 Å². The SMILES string of the molecule is Clc1cnn2ccnc(Nc3ccn[nH]3)c12.FC1CCCC1.O=C(O)NC12CC(C1)C2. The summed E-state index contributed by atoms with van der Waals surface area (Å²) in [5.74, 6) is 2.23. The summed E-state index contributed by atoms with van der Waals surface area (Å²) < 4.78 is 13.6. The van der Waals surface area contributed by atoms with Crippen LogP contribution in [0.3, 0.4) is 0 Å². The number of carbonyl (C=O) groups is 1. The van der Waals surface area contributed by atoms with Crippen molar-refractivity contribution in [1.82, 2.24) is 30.1 Å². The molecule has 7 rings (SSSR count). The summed E-state index contributed by atoms with van der Waals surface area (Å²) >= 11 is 6.03. The van der Waals surface area contributed by atoms with E-state index < -0.39 is 12.3 Å². The van der Waals surface area contributed by atoms with Crippen molar-refractivity contribution in [1.29, 1.82) is 0 Å². The van der Waals surface area contributed by atoms with Crippen molar-refractivity contribution < 1.29 is 14.3 Å². The van der Waals surface area contributed by atoms with E-state index in [4.69, 9.17) is 16.7 Å². The van der Waals surface area contributed by atoms with Crippen LogP contribution in [-0.2, 0) is 0 Å². The molecule has 0 unspecified atom stereocenters. The third kappa shape index (κ3) is 5.07. The first kappa shape index (κ1) is 21.4. The van der Waals surface area contributed by atoms with Crippen molar-refractivity contribution >= 4 is 34.8 Å². The van der Waals surface area contributed by atoms with Crippen molar-refractivity contribution in [3.05, 3.63) is 35.9 Å². The number of hydrogen-bond acceptors (Lipinski definition) is 5. The van der Waals surface area contributed by atoms with Crippen LogP contribution < -0.4 is 10.6 Å². The van der Waals surface area contributed by atoms with Crippen LogP contribution in [0.5, 0.6) is 0 Å². The van der Waals surface area contributed by atoms with Gasteiger partial charge >= 0.3 is 6.09 Å². The molecule has 11 heteroatoms. The molecule has 4 N–H and O–H groups in total. The molecule has 4 aliphatic carbocycles. The van der Waals surface area contributed by atoms with Gasteiger partial charge in [0.25, 0.3) is 0 Å². The summed E-state index contributed by atoms with van der Waals surface area (Å²) in [6.45, 7) is 0. The van der Waals surface area contributed by atoms with E-state index in [0.717, 1.165) is 62.2 Å². The molecule has 4 saturated carbocycles. The fraction of sp³-hybridized carbons (Fsp3) is 0.500. The van der Waals surface area contributed by atoms with E-state index in [1.165, 1.54) is 0 Å². The number of alkyl halides is 1. The van der Waals surface area contributed by atoms with Crippen LogP contribution in [0.1, 0.15) is 44.9 Å². The number of fused-ring (bicyclic) bond motifs is 1. The Bertz CT molecular complexity index is 1000. The maximum absolute atomic E-state index is 11.9. The molecule has 4 fully saturated rings. The van der Waals surface area contributed by atoms with Crippen LogP contribution in [0.2, 0.25) is 5.02 Å². The molecule has 0 atom stereocenters. The van der Waals surface area contributed by atoms with E-state index in [0.29, 0.717) is 10.8 Å². The highest BCUT2D eigenvalue weighted by Gasteiger charge is 2.57. The molecule has 3 heterocycles. The number of anilines is 2. The zero-order valence-corrected chi connectivity index (χ0v) is 17.6. The first-order chi connectivity index (χ1) is 14.9. The monoisotopic (exact) mass is 449 g/mol. The lowest BCUT2D eigenvalue weighted by atomic mass is 9.50. The second kappa shape index (κ2) is 9.09. The number of carboxylic acid groups (broad SMARTS) is 1. The van der Waals surface area contributed by atoms with E-state index in [9.17, 15) is 9.18 Å². The van der Waals surface area contributed by atoms with Gasteiger partial charge in [-0.05, 0) is 38.0 Å². The minimum atomic E-state index is -0.867. The lowest BCUT2D eigenvalue weighted by Crippen LogP contribution is -2.67. The van der Waals surface area contributed by atoms with Gasteiger partial charge in [-0.2, -0.15) is 10.2 Å². The van der Waals surface area contributed by atoms with Crippen LogP contribution in [0.25, 0.3) is 5.52 Å². The van der Waals surface area contributed by atoms with Gasteiger partial charge in [-0.25, -0.2) is 18.7 Å². The van der Waals surface area contributed by atoms with Crippen LogP contribution in [0, 0.1) is 5.92 Å². The average molecular weight is 450 g/mol. The van der Waals surface area contributed by atoms with Crippen molar-refractivity contribution in [2.75, 3.05) is 5.32 Å². The largest absolute Gasteiger partial charge is 0.465 e. The van der Waals surface area contributed by atoms with Crippen molar-refractivity contribution in [3.63, 3.8) is 0 Å². The van der Waals surface area contributed by atoms with Gasteiger partial charge in [0.15, 0.2) is 5.82 Å². The summed E-state index contributed by atoms with van der Waals surface area (Å²) in [5, 5.41) is 25.2. The average Bonchev–Trinajstić information content (AvgIpc) is 3.43. The van der Waals surface area contributed by atoms with E-state index in [1.54, 1.807) is 35.4 Å². The number of amides is 1. The molecule has 4 aliphatic rings. The van der Waals surface area contributed by atoms with E-state index in [2.05, 4.69) is 30.9 Å². The molecular weight excluding hydrogens is 425 g/mol. The molecule has 9 nitrogen and oxygen atoms in total. The molecule has 3 aromatic rings. The number of nitrogens with one attached hydrogen (secondary N) is 3. The predicted octanol–water partition coefficient (Wildman–Crippen LogP) is 4.55. The maximum Gasteiger partial charge on any atom is 0.405 e. The van der Waals surface area contributed by atoms with E-state index in [1.807, 2.05) is 0 Å². The molecule has 0 radical (unpaired) electrons. The minimum Gasteiger partial charge on any atom is -0.465 e. The molecule has 2 bridgehead atoms. The van der Waals surface area contributed by atoms with Gasteiger partial charge in [-0.15, -0.1) is 0 Å². The van der Waals surface area contributed by atoms with E-state index in [-0.39, 0.29) is 5.54 Å². The maximum atomic E-state index is 11.9. The number of hydrogen-bond donors (Lipinski definition) is 4. The Kier molecular flexibility index (Phi) is 6.26. The summed E-state index contributed by atoms with van der Waals surface area (Å²) in [4.78, 5) is 14.3. The van der Waals surface area contributed by atoms with Crippen molar-refractivity contribution in [2.45, 2.75) is 56.7 Å². The Hall–Kier alpha value is -2.88. The predicted molar refractivity (Wildman–Crippen MR) is 114 cm³/mol. The second-order valence-corrected chi connectivity index (χ2v) is 8.63. The zero-order valence-electron chi connectivity index (χ0n) is 16.9. The number of aromatic amines is 1. The van der Waals surface area contributed by atoms with Gasteiger partial charge in [0.2, 0.25) is 0 Å². The normalized spacial score (nSPS) is 23.5. The number of aromatic nitrogens is 5. The van der Waals surface area contributed by atoms with Crippen molar-refractivity contribution in [2.24, 2.45) is 5.92 Å². The van der Waals surface area contributed by atoms with Gasteiger partial charge in [-0.3, -0.25) is 5.10 Å². The fourth-order valence-corrected chi connectivity index (χ4v) is 4.41. The highest BCUT2D eigenvalue weighted by Crippen LogP contribution is 2.56. The summed E-state index contributed by atoms with van der Waals surface area (Å²) in [5.41, 5.74) is 0.773. The third-order valence-electron chi connectivity index (χ3n) is 5.84. The highest BCUT2D eigenvalue weighted by molar-refractivity contribution is 6.34. The second-order valence-electron chi connectivity index (χ2n) is 8.23. The number of rotatable bonds is 3. The smallest absolute Gasteiger partial charge is 0.405 e. The summed E-state index contributed by atoms with van der Waals surface area (Å²) in [6, 6.07) is 1.80. The molecule has 31 heavy (non-hydrogen) atoms. The third-order valence-corrected chi connectivity index (χ3v) is 6.11. The lowest BCUT2D eigenvalue weighted by molar-refractivity contribution is -0.0448. The standard InChI is InChI=1S/C9H7ClN6.C6H9NO2.C5H9F/c10-6-5-13-16-4-3-11-9(8(6)16)14-7-1-2-12-15-7;8-5(9)7-6-1-4(2-6)3-6;6-5-3-1-2-4-5/h1-5H,(H2,11,12,14,15);4,7H,1-3H2,(H,8,9);5H,1-4H2. The van der Waals surface area contributed by atoms with Crippen LogP contribution in [0.15, 0.2) is 30.9 Å². The molecule has 0 spiro atoms. The van der Waals surface area contributed by atoms with Gasteiger partial charge in [0.1, 0.15) is 17.5 Å². The lowest BCUT2D eigenvalue weighted by Gasteiger charge is -2.61. The summed E-state index contributed by atoms with van der Waals surface area (Å²) in [7, 11) is 0. The van der Waals surface area contributed by atoms with Gasteiger partial charge in [0.05, 0.1) is 17.4 Å². The molecule has 1 amide bonds. The quantitative estimate of drug-likeness (QED) is 0.465. The summed E-state index contributed by atoms with van der Waals surface area (Å²) in [6.07, 6.45) is 12.4. The Morgan fingerprint density at radius 2 is 2.03 bits per heavy atom. The Balaban J connectivity index is 0.000000129. The number of H-pyrrole nitrogens is 1. The van der Waals surface area contributed by atoms with E-state index >= 15 is 0 Å². The highest BCUT2D eigenvalue weighted by atomic mass is 35.5. The molecular formula is C20H25ClFN7O2. The number of nitrogens with zero attached hydrogens (tertiary/aromatic N) is 4. The van der Waals surface area contributed by atoms with Gasteiger partial charge in [-0.1, -0.05) is 24.4 Å². The Labute approximate surface area is 183 Å². The molecule has 3 aromatic heterocycles. The Morgan fingerprint density at radius 1 is 1.29 bits per heavy atom. The minimum absolute atomic E-state index is 0.0382. The molecule has 0 aromatic carbocycles. The first-order valence-corrected chi connectivity index (χ1v) is 10.7. The Morgan fingerprint density at radius 3 is 2.52 bits per heavy atom. The topological polar surface area (TPSA) is 120 Å². The molecule has 0 aliphatic heterocycles. The zero-order chi connectivity index (χ0) is 21.8.